The Hall–Kier alpha value is -1.06. The average Bonchev–Trinajstić information content (AvgIpc) is 2.89. The van der Waals surface area contributed by atoms with E-state index < -0.39 is 0 Å². The first kappa shape index (κ1) is 12.9. The Morgan fingerprint density at radius 1 is 1.26 bits per heavy atom. The zero-order valence-electron chi connectivity index (χ0n) is 12.1. The summed E-state index contributed by atoms with van der Waals surface area (Å²) in [6, 6.07) is 7.75. The summed E-state index contributed by atoms with van der Waals surface area (Å²) in [5, 5.41) is 0. The van der Waals surface area contributed by atoms with E-state index in [9.17, 15) is 0 Å². The second kappa shape index (κ2) is 5.14. The van der Waals surface area contributed by atoms with Crippen LogP contribution < -0.4 is 5.73 Å². The monoisotopic (exact) mass is 259 g/mol. The van der Waals surface area contributed by atoms with E-state index in [-0.39, 0.29) is 0 Å². The molecular formula is C16H25N3. The molecule has 0 aliphatic carbocycles. The smallest absolute Gasteiger partial charge is 0.0362 e. The van der Waals surface area contributed by atoms with E-state index in [0.29, 0.717) is 6.04 Å². The molecule has 0 aromatic heterocycles. The maximum atomic E-state index is 6.14. The van der Waals surface area contributed by atoms with Crippen molar-refractivity contribution in [1.82, 2.24) is 9.80 Å². The normalized spacial score (nSPS) is 24.9. The highest BCUT2D eigenvalue weighted by Gasteiger charge is 2.31. The number of nitrogen functional groups attached to an aromatic ring is 1. The fraction of sp³-hybridized carbons (Fsp3) is 0.625. The van der Waals surface area contributed by atoms with Crippen LogP contribution in [0.1, 0.15) is 31.4 Å². The van der Waals surface area contributed by atoms with Crippen molar-refractivity contribution in [1.29, 1.82) is 0 Å². The van der Waals surface area contributed by atoms with Gasteiger partial charge in [0, 0.05) is 44.0 Å². The Labute approximate surface area is 116 Å². The van der Waals surface area contributed by atoms with Crippen molar-refractivity contribution in [2.75, 3.05) is 25.4 Å². The highest BCUT2D eigenvalue weighted by molar-refractivity contribution is 5.51. The van der Waals surface area contributed by atoms with Gasteiger partial charge in [0.05, 0.1) is 0 Å². The highest BCUT2D eigenvalue weighted by Crippen LogP contribution is 2.28. The molecule has 2 aliphatic heterocycles. The van der Waals surface area contributed by atoms with Crippen molar-refractivity contribution in [2.24, 2.45) is 0 Å². The molecule has 1 aromatic rings. The van der Waals surface area contributed by atoms with Gasteiger partial charge in [-0.2, -0.15) is 0 Å². The second-order valence-corrected chi connectivity index (χ2v) is 6.24. The number of hydrogen-bond donors (Lipinski definition) is 1. The van der Waals surface area contributed by atoms with E-state index in [0.717, 1.165) is 24.7 Å². The number of nitrogens with zero attached hydrogens (tertiary/aromatic N) is 2. The molecule has 0 spiro atoms. The molecule has 2 N–H and O–H groups in total. The van der Waals surface area contributed by atoms with Gasteiger partial charge in [0.25, 0.3) is 0 Å². The summed E-state index contributed by atoms with van der Waals surface area (Å²) in [6.07, 6.45) is 2.46. The van der Waals surface area contributed by atoms with Gasteiger partial charge in [-0.3, -0.25) is 9.80 Å². The summed E-state index contributed by atoms with van der Waals surface area (Å²) in [7, 11) is 0. The van der Waals surface area contributed by atoms with Crippen LogP contribution in [0.3, 0.4) is 0 Å². The lowest BCUT2D eigenvalue weighted by molar-refractivity contribution is 0.169. The molecule has 1 saturated heterocycles. The summed E-state index contributed by atoms with van der Waals surface area (Å²) >= 11 is 0. The number of hydrogen-bond acceptors (Lipinski definition) is 3. The summed E-state index contributed by atoms with van der Waals surface area (Å²) in [4.78, 5) is 5.23. The summed E-state index contributed by atoms with van der Waals surface area (Å²) in [5.41, 5.74) is 9.94. The van der Waals surface area contributed by atoms with E-state index in [1.807, 2.05) is 6.07 Å². The first-order valence-electron chi connectivity index (χ1n) is 7.49. The van der Waals surface area contributed by atoms with Crippen LogP contribution in [-0.2, 0) is 13.0 Å². The van der Waals surface area contributed by atoms with E-state index in [1.165, 1.54) is 37.2 Å². The van der Waals surface area contributed by atoms with Gasteiger partial charge in [0.15, 0.2) is 0 Å². The SMILES string of the molecule is CC(C)N1CCC(N2CCc3cccc(N)c3C2)C1. The van der Waals surface area contributed by atoms with Crippen LogP contribution in [0, 0.1) is 0 Å². The molecule has 19 heavy (non-hydrogen) atoms. The van der Waals surface area contributed by atoms with E-state index in [4.69, 9.17) is 5.73 Å². The number of nitrogens with two attached hydrogens (primary N) is 1. The molecule has 0 radical (unpaired) electrons. The minimum absolute atomic E-state index is 0.673. The third-order valence-electron chi connectivity index (χ3n) is 4.78. The standard InChI is InChI=1S/C16H25N3/c1-12(2)18-9-7-14(10-18)19-8-6-13-4-3-5-16(17)15(13)11-19/h3-5,12,14H,6-11,17H2,1-2H3. The summed E-state index contributed by atoms with van der Waals surface area (Å²) < 4.78 is 0. The number of benzene rings is 1. The van der Waals surface area contributed by atoms with Gasteiger partial charge in [-0.15, -0.1) is 0 Å². The number of anilines is 1. The lowest BCUT2D eigenvalue weighted by atomic mass is 9.97. The molecule has 1 atom stereocenters. The van der Waals surface area contributed by atoms with E-state index >= 15 is 0 Å². The molecule has 0 amide bonds. The largest absolute Gasteiger partial charge is 0.398 e. The molecule has 0 saturated carbocycles. The summed E-state index contributed by atoms with van der Waals surface area (Å²) in [6.45, 7) is 9.29. The summed E-state index contributed by atoms with van der Waals surface area (Å²) in [5.74, 6) is 0. The maximum Gasteiger partial charge on any atom is 0.0362 e. The third-order valence-corrected chi connectivity index (χ3v) is 4.78. The Morgan fingerprint density at radius 2 is 2.11 bits per heavy atom. The fourth-order valence-electron chi connectivity index (χ4n) is 3.47. The van der Waals surface area contributed by atoms with E-state index in [1.54, 1.807) is 0 Å². The molecule has 3 nitrogen and oxygen atoms in total. The molecule has 3 rings (SSSR count). The molecule has 1 unspecified atom stereocenters. The Kier molecular flexibility index (Phi) is 3.50. The van der Waals surface area contributed by atoms with Gasteiger partial charge in [-0.05, 0) is 43.9 Å². The minimum Gasteiger partial charge on any atom is -0.398 e. The van der Waals surface area contributed by atoms with Gasteiger partial charge in [-0.25, -0.2) is 0 Å². The van der Waals surface area contributed by atoms with Gasteiger partial charge >= 0.3 is 0 Å². The Bertz CT molecular complexity index is 455. The lowest BCUT2D eigenvalue weighted by Crippen LogP contribution is -2.41. The number of likely N-dealkylation sites (tertiary alicyclic amines) is 1. The molecule has 104 valence electrons. The Morgan fingerprint density at radius 3 is 2.84 bits per heavy atom. The predicted molar refractivity (Wildman–Crippen MR) is 80.1 cm³/mol. The van der Waals surface area contributed by atoms with Gasteiger partial charge in [-0.1, -0.05) is 12.1 Å². The van der Waals surface area contributed by atoms with Crippen molar-refractivity contribution in [3.8, 4) is 0 Å². The van der Waals surface area contributed by atoms with Crippen molar-refractivity contribution >= 4 is 5.69 Å². The first-order chi connectivity index (χ1) is 9.15. The van der Waals surface area contributed by atoms with Crippen LogP contribution in [0.4, 0.5) is 5.69 Å². The predicted octanol–water partition coefficient (Wildman–Crippen LogP) is 2.11. The zero-order chi connectivity index (χ0) is 13.4. The maximum absolute atomic E-state index is 6.14. The van der Waals surface area contributed by atoms with Crippen LogP contribution in [0.25, 0.3) is 0 Å². The minimum atomic E-state index is 0.673. The topological polar surface area (TPSA) is 32.5 Å². The van der Waals surface area contributed by atoms with Gasteiger partial charge in [0.2, 0.25) is 0 Å². The van der Waals surface area contributed by atoms with Crippen LogP contribution in [0.2, 0.25) is 0 Å². The van der Waals surface area contributed by atoms with Crippen molar-refractivity contribution in [3.63, 3.8) is 0 Å². The van der Waals surface area contributed by atoms with Crippen LogP contribution in [0.5, 0.6) is 0 Å². The van der Waals surface area contributed by atoms with Crippen LogP contribution >= 0.6 is 0 Å². The van der Waals surface area contributed by atoms with Crippen molar-refractivity contribution < 1.29 is 0 Å². The zero-order valence-corrected chi connectivity index (χ0v) is 12.1. The molecule has 2 aliphatic rings. The average molecular weight is 259 g/mol. The van der Waals surface area contributed by atoms with Crippen molar-refractivity contribution in [3.05, 3.63) is 29.3 Å². The molecule has 1 fully saturated rings. The van der Waals surface area contributed by atoms with Crippen LogP contribution in [-0.4, -0.2) is 41.5 Å². The lowest BCUT2D eigenvalue weighted by Gasteiger charge is -2.34. The highest BCUT2D eigenvalue weighted by atomic mass is 15.3. The molecule has 0 bridgehead atoms. The van der Waals surface area contributed by atoms with Crippen LogP contribution in [0.15, 0.2) is 18.2 Å². The number of fused-ring (bicyclic) bond motifs is 1. The Balaban J connectivity index is 1.71. The molecule has 1 aromatic carbocycles. The third kappa shape index (κ3) is 2.49. The van der Waals surface area contributed by atoms with E-state index in [2.05, 4.69) is 35.8 Å². The molecule has 3 heteroatoms. The second-order valence-electron chi connectivity index (χ2n) is 6.24. The molecular weight excluding hydrogens is 234 g/mol. The quantitative estimate of drug-likeness (QED) is 0.826. The molecule has 2 heterocycles. The van der Waals surface area contributed by atoms with Crippen molar-refractivity contribution in [2.45, 2.75) is 45.3 Å². The number of rotatable bonds is 2. The van der Waals surface area contributed by atoms with Gasteiger partial charge < -0.3 is 5.73 Å². The van der Waals surface area contributed by atoms with Gasteiger partial charge in [0.1, 0.15) is 0 Å². The first-order valence-corrected chi connectivity index (χ1v) is 7.49. The fourth-order valence-corrected chi connectivity index (χ4v) is 3.47.